The Morgan fingerprint density at radius 2 is 1.52 bits per heavy atom. The topological polar surface area (TPSA) is 86.8 Å². The van der Waals surface area contributed by atoms with Crippen LogP contribution in [0.4, 0.5) is 5.69 Å². The first-order chi connectivity index (χ1) is 18.9. The summed E-state index contributed by atoms with van der Waals surface area (Å²) in [7, 11) is -4.14. The van der Waals surface area contributed by atoms with Crippen LogP contribution in [0.25, 0.3) is 0 Å². The van der Waals surface area contributed by atoms with Crippen molar-refractivity contribution >= 4 is 39.1 Å². The molecule has 3 aromatic rings. The molecule has 214 valence electrons. The van der Waals surface area contributed by atoms with Crippen molar-refractivity contribution in [3.05, 3.63) is 94.5 Å². The molecule has 1 atom stereocenters. The van der Waals surface area contributed by atoms with Gasteiger partial charge in [0.1, 0.15) is 12.6 Å². The number of halogens is 1. The molecule has 3 rings (SSSR count). The lowest BCUT2D eigenvalue weighted by Gasteiger charge is -2.33. The number of aryl methyl sites for hydroxylation is 2. The number of nitrogens with one attached hydrogen (secondary N) is 1. The number of amides is 2. The van der Waals surface area contributed by atoms with Gasteiger partial charge in [-0.25, -0.2) is 8.42 Å². The first kappa shape index (κ1) is 31.2. The van der Waals surface area contributed by atoms with Crippen LogP contribution in [0.15, 0.2) is 77.7 Å². The van der Waals surface area contributed by atoms with Crippen LogP contribution in [0.1, 0.15) is 43.9 Å². The van der Waals surface area contributed by atoms with Crippen molar-refractivity contribution in [3.63, 3.8) is 0 Å². The van der Waals surface area contributed by atoms with Crippen molar-refractivity contribution in [2.45, 2.75) is 58.5 Å². The van der Waals surface area contributed by atoms with E-state index in [-0.39, 0.29) is 29.0 Å². The third-order valence-electron chi connectivity index (χ3n) is 6.53. The summed E-state index contributed by atoms with van der Waals surface area (Å²) in [4.78, 5) is 28.9. The average molecular weight is 584 g/mol. The lowest BCUT2D eigenvalue weighted by Crippen LogP contribution is -2.52. The Kier molecular flexibility index (Phi) is 10.8. The fraction of sp³-hybridized carbons (Fsp3) is 0.355. The molecule has 3 aromatic carbocycles. The van der Waals surface area contributed by atoms with Gasteiger partial charge in [0, 0.05) is 18.1 Å². The molecule has 0 unspecified atom stereocenters. The normalized spacial score (nSPS) is 12.2. The molecule has 0 radical (unpaired) electrons. The average Bonchev–Trinajstić information content (AvgIpc) is 2.91. The SMILES string of the molecule is CC[C@H](C(=O)NCC(C)C)N(Cc1ccc(C)cc1)C(=O)CN(c1cccc(Cl)c1)S(=O)(=O)c1ccc(C)cc1. The lowest BCUT2D eigenvalue weighted by atomic mass is 10.1. The Morgan fingerprint density at radius 1 is 0.925 bits per heavy atom. The van der Waals surface area contributed by atoms with Gasteiger partial charge in [-0.05, 0) is 62.1 Å². The Labute approximate surface area is 243 Å². The monoisotopic (exact) mass is 583 g/mol. The quantitative estimate of drug-likeness (QED) is 0.295. The van der Waals surface area contributed by atoms with E-state index in [1.807, 2.05) is 58.9 Å². The van der Waals surface area contributed by atoms with E-state index in [1.54, 1.807) is 30.3 Å². The fourth-order valence-corrected chi connectivity index (χ4v) is 5.82. The maximum absolute atomic E-state index is 14.1. The van der Waals surface area contributed by atoms with Crippen molar-refractivity contribution in [2.24, 2.45) is 5.92 Å². The number of hydrogen-bond acceptors (Lipinski definition) is 4. The second-order valence-corrected chi connectivity index (χ2v) is 12.7. The molecule has 0 heterocycles. The van der Waals surface area contributed by atoms with Gasteiger partial charge in [0.05, 0.1) is 10.6 Å². The van der Waals surface area contributed by atoms with Gasteiger partial charge in [-0.1, -0.05) is 86.0 Å². The van der Waals surface area contributed by atoms with E-state index in [2.05, 4.69) is 5.32 Å². The van der Waals surface area contributed by atoms with Crippen LogP contribution in [0.3, 0.4) is 0 Å². The summed E-state index contributed by atoms with van der Waals surface area (Å²) in [5.41, 5.74) is 3.07. The van der Waals surface area contributed by atoms with Crippen LogP contribution in [-0.2, 0) is 26.2 Å². The summed E-state index contributed by atoms with van der Waals surface area (Å²) in [5.74, 6) is -0.532. The van der Waals surface area contributed by atoms with E-state index in [9.17, 15) is 18.0 Å². The Bertz CT molecular complexity index is 1410. The first-order valence-electron chi connectivity index (χ1n) is 13.4. The zero-order valence-corrected chi connectivity index (χ0v) is 25.3. The van der Waals surface area contributed by atoms with Crippen LogP contribution in [0.5, 0.6) is 0 Å². The molecule has 0 aliphatic carbocycles. The highest BCUT2D eigenvalue weighted by molar-refractivity contribution is 7.92. The van der Waals surface area contributed by atoms with Crippen LogP contribution in [0, 0.1) is 19.8 Å². The minimum absolute atomic E-state index is 0.0534. The minimum Gasteiger partial charge on any atom is -0.354 e. The van der Waals surface area contributed by atoms with Crippen molar-refractivity contribution in [3.8, 4) is 0 Å². The molecule has 1 N–H and O–H groups in total. The van der Waals surface area contributed by atoms with Crippen LogP contribution >= 0.6 is 11.6 Å². The zero-order valence-electron chi connectivity index (χ0n) is 23.7. The van der Waals surface area contributed by atoms with Gasteiger partial charge in [0.2, 0.25) is 11.8 Å². The molecule has 0 aliphatic rings. The predicted octanol–water partition coefficient (Wildman–Crippen LogP) is 5.73. The maximum Gasteiger partial charge on any atom is 0.264 e. The van der Waals surface area contributed by atoms with Crippen molar-refractivity contribution in [2.75, 3.05) is 17.4 Å². The van der Waals surface area contributed by atoms with E-state index in [0.29, 0.717) is 18.0 Å². The van der Waals surface area contributed by atoms with Gasteiger partial charge in [-0.15, -0.1) is 0 Å². The molecular formula is C31H38ClN3O4S. The fourth-order valence-electron chi connectivity index (χ4n) is 4.23. The van der Waals surface area contributed by atoms with Crippen molar-refractivity contribution in [1.82, 2.24) is 10.2 Å². The second-order valence-electron chi connectivity index (χ2n) is 10.4. The summed E-state index contributed by atoms with van der Waals surface area (Å²) < 4.78 is 28.8. The number of carbonyl (C=O) groups excluding carboxylic acids is 2. The van der Waals surface area contributed by atoms with Gasteiger partial charge < -0.3 is 10.2 Å². The van der Waals surface area contributed by atoms with Crippen molar-refractivity contribution in [1.29, 1.82) is 0 Å². The smallest absolute Gasteiger partial charge is 0.264 e. The molecule has 9 heteroatoms. The molecular weight excluding hydrogens is 546 g/mol. The Hall–Kier alpha value is -3.36. The molecule has 0 aromatic heterocycles. The van der Waals surface area contributed by atoms with Crippen LogP contribution in [0.2, 0.25) is 5.02 Å². The second kappa shape index (κ2) is 13.8. The summed E-state index contributed by atoms with van der Waals surface area (Å²) in [6.45, 7) is 9.79. The van der Waals surface area contributed by atoms with E-state index < -0.39 is 28.5 Å². The number of hydrogen-bond donors (Lipinski definition) is 1. The lowest BCUT2D eigenvalue weighted by molar-refractivity contribution is -0.140. The molecule has 7 nitrogen and oxygen atoms in total. The summed E-state index contributed by atoms with van der Waals surface area (Å²) in [6.07, 6.45) is 0.364. The number of carbonyl (C=O) groups is 2. The third-order valence-corrected chi connectivity index (χ3v) is 8.55. The van der Waals surface area contributed by atoms with Gasteiger partial charge in [-0.2, -0.15) is 0 Å². The molecule has 0 saturated heterocycles. The number of anilines is 1. The summed E-state index contributed by atoms with van der Waals surface area (Å²) >= 11 is 6.23. The number of rotatable bonds is 12. The van der Waals surface area contributed by atoms with Gasteiger partial charge >= 0.3 is 0 Å². The molecule has 0 spiro atoms. The van der Waals surface area contributed by atoms with Crippen LogP contribution in [-0.4, -0.2) is 44.3 Å². The standard InChI is InChI=1S/C31H38ClN3O4S/c1-6-29(31(37)33-19-22(2)3)34(20-25-14-10-23(4)11-15-25)30(36)21-35(27-9-7-8-26(32)18-27)40(38,39)28-16-12-24(5)13-17-28/h7-18,22,29H,6,19-21H2,1-5H3,(H,33,37)/t29-/m1/s1. The molecule has 2 amide bonds. The first-order valence-corrected chi connectivity index (χ1v) is 15.2. The van der Waals surface area contributed by atoms with E-state index in [0.717, 1.165) is 21.0 Å². The Balaban J connectivity index is 2.04. The van der Waals surface area contributed by atoms with E-state index in [4.69, 9.17) is 11.6 Å². The molecule has 0 aliphatic heterocycles. The number of nitrogens with zero attached hydrogens (tertiary/aromatic N) is 2. The van der Waals surface area contributed by atoms with Crippen LogP contribution < -0.4 is 9.62 Å². The van der Waals surface area contributed by atoms with Crippen molar-refractivity contribution < 1.29 is 18.0 Å². The van der Waals surface area contributed by atoms with E-state index >= 15 is 0 Å². The zero-order chi connectivity index (χ0) is 29.4. The molecule has 0 saturated carbocycles. The molecule has 0 bridgehead atoms. The van der Waals surface area contributed by atoms with Gasteiger partial charge in [0.15, 0.2) is 0 Å². The predicted molar refractivity (Wildman–Crippen MR) is 161 cm³/mol. The highest BCUT2D eigenvalue weighted by Gasteiger charge is 2.33. The minimum atomic E-state index is -4.14. The Morgan fingerprint density at radius 3 is 2.08 bits per heavy atom. The molecule has 0 fully saturated rings. The van der Waals surface area contributed by atoms with Gasteiger partial charge in [-0.3, -0.25) is 13.9 Å². The largest absolute Gasteiger partial charge is 0.354 e. The summed E-state index contributed by atoms with van der Waals surface area (Å²) in [5, 5.41) is 3.27. The summed E-state index contributed by atoms with van der Waals surface area (Å²) in [6, 6.07) is 19.8. The highest BCUT2D eigenvalue weighted by Crippen LogP contribution is 2.27. The number of benzene rings is 3. The molecule has 40 heavy (non-hydrogen) atoms. The highest BCUT2D eigenvalue weighted by atomic mass is 35.5. The van der Waals surface area contributed by atoms with Gasteiger partial charge in [0.25, 0.3) is 10.0 Å². The number of sulfonamides is 1. The van der Waals surface area contributed by atoms with E-state index in [1.165, 1.54) is 23.1 Å². The third kappa shape index (κ3) is 8.08. The maximum atomic E-state index is 14.1.